The first-order chi connectivity index (χ1) is 21.6. The molecule has 3 aromatic heterocycles. The van der Waals surface area contributed by atoms with Crippen LogP contribution in [-0.4, -0.2) is 14.1 Å². The molecule has 5 aromatic carbocycles. The first kappa shape index (κ1) is 25.5. The Morgan fingerprint density at radius 2 is 1.14 bits per heavy atom. The minimum absolute atomic E-state index is 0.347. The van der Waals surface area contributed by atoms with E-state index in [2.05, 4.69) is 114 Å². The molecule has 44 heavy (non-hydrogen) atoms. The second kappa shape index (κ2) is 9.70. The van der Waals surface area contributed by atoms with Crippen molar-refractivity contribution in [2.45, 2.75) is 13.8 Å². The number of hydrogen-bond donors (Lipinski definition) is 0. The van der Waals surface area contributed by atoms with E-state index in [0.717, 1.165) is 60.7 Å². The maximum Gasteiger partial charge on any atom is 0.138 e. The van der Waals surface area contributed by atoms with Crippen LogP contribution in [0.3, 0.4) is 0 Å². The zero-order valence-electron chi connectivity index (χ0n) is 24.2. The van der Waals surface area contributed by atoms with Crippen LogP contribution in [0.15, 0.2) is 115 Å². The van der Waals surface area contributed by atoms with Gasteiger partial charge in [-0.25, -0.2) is 4.98 Å². The number of rotatable bonds is 3. The van der Waals surface area contributed by atoms with Gasteiger partial charge in [0.05, 0.1) is 45.1 Å². The molecule has 0 fully saturated rings. The summed E-state index contributed by atoms with van der Waals surface area (Å²) in [6.45, 7) is 4.21. The molecule has 0 aliphatic heterocycles. The molecule has 8 aromatic rings. The molecule has 0 saturated carbocycles. The van der Waals surface area contributed by atoms with E-state index in [9.17, 15) is 10.5 Å². The van der Waals surface area contributed by atoms with E-state index in [4.69, 9.17) is 4.98 Å². The van der Waals surface area contributed by atoms with Gasteiger partial charge in [-0.1, -0.05) is 71.8 Å². The van der Waals surface area contributed by atoms with E-state index in [1.807, 2.05) is 30.5 Å². The third kappa shape index (κ3) is 3.67. The van der Waals surface area contributed by atoms with E-state index >= 15 is 0 Å². The predicted molar refractivity (Wildman–Crippen MR) is 177 cm³/mol. The molecule has 3 heterocycles. The minimum atomic E-state index is 0.347. The molecule has 0 radical (unpaired) electrons. The Kier molecular flexibility index (Phi) is 5.63. The smallest absolute Gasteiger partial charge is 0.138 e. The summed E-state index contributed by atoms with van der Waals surface area (Å²) in [6.07, 6.45) is 1.91. The number of para-hydroxylation sites is 2. The highest BCUT2D eigenvalue weighted by Gasteiger charge is 2.21. The van der Waals surface area contributed by atoms with Crippen LogP contribution in [0.2, 0.25) is 0 Å². The van der Waals surface area contributed by atoms with Gasteiger partial charge in [0.25, 0.3) is 0 Å². The van der Waals surface area contributed by atoms with E-state index in [-0.39, 0.29) is 0 Å². The van der Waals surface area contributed by atoms with Gasteiger partial charge >= 0.3 is 0 Å². The largest absolute Gasteiger partial charge is 0.307 e. The zero-order valence-corrected chi connectivity index (χ0v) is 24.2. The van der Waals surface area contributed by atoms with Crippen molar-refractivity contribution in [2.75, 3.05) is 0 Å². The van der Waals surface area contributed by atoms with Crippen LogP contribution in [-0.2, 0) is 0 Å². The first-order valence-corrected chi connectivity index (χ1v) is 14.5. The number of pyridine rings is 1. The summed E-state index contributed by atoms with van der Waals surface area (Å²) in [7, 11) is 0. The van der Waals surface area contributed by atoms with Crippen molar-refractivity contribution in [1.29, 1.82) is 10.5 Å². The van der Waals surface area contributed by atoms with Crippen molar-refractivity contribution in [3.8, 4) is 34.8 Å². The van der Waals surface area contributed by atoms with E-state index < -0.39 is 0 Å². The van der Waals surface area contributed by atoms with E-state index in [0.29, 0.717) is 16.7 Å². The van der Waals surface area contributed by atoms with Crippen LogP contribution in [0.25, 0.3) is 66.2 Å². The van der Waals surface area contributed by atoms with Crippen molar-refractivity contribution in [2.24, 2.45) is 0 Å². The Morgan fingerprint density at radius 1 is 0.545 bits per heavy atom. The molecular weight excluding hydrogens is 538 g/mol. The van der Waals surface area contributed by atoms with Gasteiger partial charge in [-0.15, -0.1) is 0 Å². The van der Waals surface area contributed by atoms with Crippen molar-refractivity contribution in [1.82, 2.24) is 14.1 Å². The Morgan fingerprint density at radius 3 is 1.77 bits per heavy atom. The van der Waals surface area contributed by atoms with Gasteiger partial charge in [0.1, 0.15) is 18.0 Å². The van der Waals surface area contributed by atoms with Crippen LogP contribution in [0, 0.1) is 36.5 Å². The quantitative estimate of drug-likeness (QED) is 0.215. The van der Waals surface area contributed by atoms with Crippen LogP contribution < -0.4 is 0 Å². The maximum atomic E-state index is 10.3. The Hall–Kier alpha value is -6.17. The maximum absolute atomic E-state index is 10.3. The molecule has 0 amide bonds. The van der Waals surface area contributed by atoms with Crippen LogP contribution >= 0.6 is 0 Å². The van der Waals surface area contributed by atoms with Crippen molar-refractivity contribution in [3.63, 3.8) is 0 Å². The van der Waals surface area contributed by atoms with E-state index in [1.54, 1.807) is 6.07 Å². The average molecular weight is 564 g/mol. The number of nitriles is 2. The Balaban J connectivity index is 1.51. The summed E-state index contributed by atoms with van der Waals surface area (Å²) in [5.74, 6) is 0.738. The van der Waals surface area contributed by atoms with Crippen LogP contribution in [0.4, 0.5) is 0 Å². The predicted octanol–water partition coefficient (Wildman–Crippen LogP) is 9.30. The zero-order chi connectivity index (χ0) is 29.9. The molecule has 206 valence electrons. The number of benzene rings is 5. The summed E-state index contributed by atoms with van der Waals surface area (Å²) in [5, 5.41) is 24.9. The van der Waals surface area contributed by atoms with Gasteiger partial charge < -0.3 is 4.57 Å². The Bertz CT molecular complexity index is 2550. The molecule has 0 atom stereocenters. The number of aromatic nitrogens is 3. The summed E-state index contributed by atoms with van der Waals surface area (Å²) in [4.78, 5) is 5.11. The Labute approximate surface area is 254 Å². The molecule has 0 saturated heterocycles. The summed E-state index contributed by atoms with van der Waals surface area (Å²) in [6, 6.07) is 41.8. The summed E-state index contributed by atoms with van der Waals surface area (Å²) in [5.41, 5.74) is 9.64. The second-order valence-electron chi connectivity index (χ2n) is 11.3. The number of aryl methyl sites for hydroxylation is 2. The number of hydrogen-bond acceptors (Lipinski definition) is 3. The third-order valence-electron chi connectivity index (χ3n) is 8.58. The molecule has 5 nitrogen and oxygen atoms in total. The highest BCUT2D eigenvalue weighted by molar-refractivity contribution is 6.11. The van der Waals surface area contributed by atoms with Gasteiger partial charge in [-0.3, -0.25) is 4.57 Å². The standard InChI is InChI=1S/C39H25N5/c1-24-14-16-36-30(18-24)28-9-3-5-12-34(28)43(36)38-23-42-39(20-32(38)27-11-7-8-26(21-40)33(27)22-41)44-35-13-6-4-10-29(35)31-19-25(2)15-17-37(31)44/h3-20,23H,1-2H3. The molecule has 0 aliphatic rings. The molecule has 0 bridgehead atoms. The SMILES string of the molecule is Cc1ccc2c(c1)c1ccccc1n2-c1cc(-c2cccc(C#N)c2C#N)c(-n2c3ccccc3c3cc(C)ccc32)cn1. The van der Waals surface area contributed by atoms with Gasteiger partial charge in [-0.05, 0) is 62.4 Å². The highest BCUT2D eigenvalue weighted by Crippen LogP contribution is 2.39. The van der Waals surface area contributed by atoms with Crippen molar-refractivity contribution >= 4 is 43.6 Å². The topological polar surface area (TPSA) is 70.3 Å². The normalized spacial score (nSPS) is 11.4. The lowest BCUT2D eigenvalue weighted by Gasteiger charge is -2.17. The van der Waals surface area contributed by atoms with Gasteiger partial charge in [-0.2, -0.15) is 10.5 Å². The molecule has 0 unspecified atom stereocenters. The fourth-order valence-corrected chi connectivity index (χ4v) is 6.62. The average Bonchev–Trinajstić information content (AvgIpc) is 3.56. The third-order valence-corrected chi connectivity index (χ3v) is 8.58. The number of fused-ring (bicyclic) bond motifs is 6. The van der Waals surface area contributed by atoms with Gasteiger partial charge in [0.15, 0.2) is 0 Å². The molecule has 0 spiro atoms. The van der Waals surface area contributed by atoms with Crippen molar-refractivity contribution < 1.29 is 0 Å². The molecular formula is C39H25N5. The van der Waals surface area contributed by atoms with Crippen LogP contribution in [0.5, 0.6) is 0 Å². The summed E-state index contributed by atoms with van der Waals surface area (Å²) < 4.78 is 4.42. The lowest BCUT2D eigenvalue weighted by atomic mass is 9.96. The molecule has 5 heteroatoms. The minimum Gasteiger partial charge on any atom is -0.307 e. The lowest BCUT2D eigenvalue weighted by Crippen LogP contribution is -2.04. The lowest BCUT2D eigenvalue weighted by molar-refractivity contribution is 1.05. The second-order valence-corrected chi connectivity index (χ2v) is 11.3. The van der Waals surface area contributed by atoms with Gasteiger partial charge in [0, 0.05) is 32.7 Å². The fourth-order valence-electron chi connectivity index (χ4n) is 6.62. The number of nitrogens with zero attached hydrogens (tertiary/aromatic N) is 5. The molecule has 0 N–H and O–H groups in total. The summed E-state index contributed by atoms with van der Waals surface area (Å²) >= 11 is 0. The molecule has 0 aliphatic carbocycles. The highest BCUT2D eigenvalue weighted by atomic mass is 15.1. The first-order valence-electron chi connectivity index (χ1n) is 14.5. The van der Waals surface area contributed by atoms with E-state index in [1.165, 1.54) is 11.1 Å². The fraction of sp³-hybridized carbons (Fsp3) is 0.0513. The van der Waals surface area contributed by atoms with Crippen LogP contribution in [0.1, 0.15) is 22.3 Å². The van der Waals surface area contributed by atoms with Gasteiger partial charge in [0.2, 0.25) is 0 Å². The monoisotopic (exact) mass is 563 g/mol. The molecule has 8 rings (SSSR count). The van der Waals surface area contributed by atoms with Crippen molar-refractivity contribution in [3.05, 3.63) is 138 Å².